The standard InChI is InChI=1S/C14H21N3O3/c1-8(2)13-15-6-11(12(16-13)14(19)20)17(3)7-9-4-10(18)5-9/h6,8-10,18H,4-5,7H2,1-3H3,(H,19,20). The number of carboxylic acids is 1. The van der Waals surface area contributed by atoms with Gasteiger partial charge in [0.2, 0.25) is 0 Å². The Labute approximate surface area is 118 Å². The van der Waals surface area contributed by atoms with E-state index in [1.165, 1.54) is 0 Å². The van der Waals surface area contributed by atoms with Gasteiger partial charge >= 0.3 is 5.97 Å². The zero-order valence-corrected chi connectivity index (χ0v) is 12.1. The molecule has 2 N–H and O–H groups in total. The molecule has 1 aromatic rings. The molecule has 0 spiro atoms. The molecule has 6 heteroatoms. The Morgan fingerprint density at radius 3 is 2.65 bits per heavy atom. The number of rotatable bonds is 5. The molecule has 1 heterocycles. The first-order chi connectivity index (χ1) is 9.38. The summed E-state index contributed by atoms with van der Waals surface area (Å²) in [5, 5.41) is 18.6. The predicted octanol–water partition coefficient (Wildman–Crippen LogP) is 1.51. The van der Waals surface area contributed by atoms with Crippen LogP contribution in [0.25, 0.3) is 0 Å². The molecule has 0 aromatic carbocycles. The second-order valence-electron chi connectivity index (χ2n) is 5.79. The molecular formula is C14H21N3O3. The summed E-state index contributed by atoms with van der Waals surface area (Å²) in [4.78, 5) is 21.6. The fourth-order valence-electron chi connectivity index (χ4n) is 2.44. The van der Waals surface area contributed by atoms with E-state index in [4.69, 9.17) is 0 Å². The van der Waals surface area contributed by atoms with Gasteiger partial charge in [-0.1, -0.05) is 13.8 Å². The molecule has 0 radical (unpaired) electrons. The number of aliphatic hydroxyl groups excluding tert-OH is 1. The van der Waals surface area contributed by atoms with Gasteiger partial charge < -0.3 is 15.1 Å². The summed E-state index contributed by atoms with van der Waals surface area (Å²) in [6.07, 6.45) is 2.93. The van der Waals surface area contributed by atoms with E-state index in [0.717, 1.165) is 12.8 Å². The molecule has 1 aliphatic carbocycles. The molecule has 1 aromatic heterocycles. The van der Waals surface area contributed by atoms with E-state index in [9.17, 15) is 15.0 Å². The van der Waals surface area contributed by atoms with E-state index < -0.39 is 5.97 Å². The van der Waals surface area contributed by atoms with Crippen LogP contribution >= 0.6 is 0 Å². The zero-order valence-electron chi connectivity index (χ0n) is 12.1. The van der Waals surface area contributed by atoms with Gasteiger partial charge in [-0.2, -0.15) is 0 Å². The van der Waals surface area contributed by atoms with Crippen LogP contribution in [-0.2, 0) is 0 Å². The maximum absolute atomic E-state index is 11.4. The molecule has 1 aliphatic rings. The fourth-order valence-corrected chi connectivity index (χ4v) is 2.44. The zero-order chi connectivity index (χ0) is 14.9. The third-order valence-electron chi connectivity index (χ3n) is 3.66. The minimum Gasteiger partial charge on any atom is -0.476 e. The maximum atomic E-state index is 11.4. The van der Waals surface area contributed by atoms with Crippen molar-refractivity contribution >= 4 is 11.7 Å². The van der Waals surface area contributed by atoms with E-state index in [0.29, 0.717) is 24.0 Å². The summed E-state index contributed by atoms with van der Waals surface area (Å²) < 4.78 is 0. The highest BCUT2D eigenvalue weighted by Gasteiger charge is 2.29. The molecule has 0 amide bonds. The molecule has 1 saturated carbocycles. The smallest absolute Gasteiger partial charge is 0.356 e. The number of aromatic carboxylic acids is 1. The minimum absolute atomic E-state index is 0.0473. The van der Waals surface area contributed by atoms with Gasteiger partial charge in [0.1, 0.15) is 5.82 Å². The van der Waals surface area contributed by atoms with Crippen LogP contribution in [0.5, 0.6) is 0 Å². The molecule has 0 atom stereocenters. The van der Waals surface area contributed by atoms with Crippen molar-refractivity contribution in [2.24, 2.45) is 5.92 Å². The van der Waals surface area contributed by atoms with Crippen molar-refractivity contribution in [3.05, 3.63) is 17.7 Å². The predicted molar refractivity (Wildman–Crippen MR) is 75.1 cm³/mol. The van der Waals surface area contributed by atoms with Crippen molar-refractivity contribution in [1.82, 2.24) is 9.97 Å². The monoisotopic (exact) mass is 279 g/mol. The number of hydrogen-bond donors (Lipinski definition) is 2. The number of nitrogens with zero attached hydrogens (tertiary/aromatic N) is 3. The molecule has 0 aliphatic heterocycles. The normalized spacial score (nSPS) is 21.6. The quantitative estimate of drug-likeness (QED) is 0.849. The molecule has 20 heavy (non-hydrogen) atoms. The lowest BCUT2D eigenvalue weighted by atomic mass is 9.82. The summed E-state index contributed by atoms with van der Waals surface area (Å²) in [7, 11) is 1.84. The van der Waals surface area contributed by atoms with Crippen molar-refractivity contribution in [3.63, 3.8) is 0 Å². The Morgan fingerprint density at radius 1 is 1.50 bits per heavy atom. The van der Waals surface area contributed by atoms with E-state index in [1.807, 2.05) is 25.8 Å². The molecule has 110 valence electrons. The minimum atomic E-state index is -1.04. The number of hydrogen-bond acceptors (Lipinski definition) is 5. The molecule has 0 bridgehead atoms. The van der Waals surface area contributed by atoms with Gasteiger partial charge in [-0.05, 0) is 18.8 Å². The Morgan fingerprint density at radius 2 is 2.15 bits per heavy atom. The van der Waals surface area contributed by atoms with Crippen LogP contribution in [0, 0.1) is 5.92 Å². The average molecular weight is 279 g/mol. The van der Waals surface area contributed by atoms with Crippen molar-refractivity contribution < 1.29 is 15.0 Å². The van der Waals surface area contributed by atoms with Crippen molar-refractivity contribution in [2.45, 2.75) is 38.7 Å². The highest BCUT2D eigenvalue weighted by molar-refractivity contribution is 5.91. The van der Waals surface area contributed by atoms with E-state index in [1.54, 1.807) is 6.20 Å². The van der Waals surface area contributed by atoms with Gasteiger partial charge in [0.25, 0.3) is 0 Å². The number of anilines is 1. The number of aromatic nitrogens is 2. The first kappa shape index (κ1) is 14.7. The molecule has 1 fully saturated rings. The Kier molecular flexibility index (Phi) is 4.23. The lowest BCUT2D eigenvalue weighted by molar-refractivity contribution is 0.0463. The summed E-state index contributed by atoms with van der Waals surface area (Å²) in [6, 6.07) is 0. The van der Waals surface area contributed by atoms with Crippen LogP contribution in [0.3, 0.4) is 0 Å². The summed E-state index contributed by atoms with van der Waals surface area (Å²) >= 11 is 0. The van der Waals surface area contributed by atoms with Crippen molar-refractivity contribution in [3.8, 4) is 0 Å². The third-order valence-corrected chi connectivity index (χ3v) is 3.66. The summed E-state index contributed by atoms with van der Waals surface area (Å²) in [6.45, 7) is 4.57. The van der Waals surface area contributed by atoms with Gasteiger partial charge in [0.05, 0.1) is 18.0 Å². The van der Waals surface area contributed by atoms with E-state index in [2.05, 4.69) is 9.97 Å². The van der Waals surface area contributed by atoms with Crippen molar-refractivity contribution in [1.29, 1.82) is 0 Å². The Hall–Kier alpha value is -1.69. The second-order valence-corrected chi connectivity index (χ2v) is 5.79. The summed E-state index contributed by atoms with van der Waals surface area (Å²) in [5.74, 6) is -0.000865. The van der Waals surface area contributed by atoms with Crippen molar-refractivity contribution in [2.75, 3.05) is 18.5 Å². The van der Waals surface area contributed by atoms with E-state index in [-0.39, 0.29) is 17.7 Å². The average Bonchev–Trinajstić information content (AvgIpc) is 2.35. The molecule has 6 nitrogen and oxygen atoms in total. The molecule has 0 unspecified atom stereocenters. The Balaban J connectivity index is 2.19. The van der Waals surface area contributed by atoms with Crippen LogP contribution in [0.15, 0.2) is 6.20 Å². The first-order valence-electron chi connectivity index (χ1n) is 6.88. The van der Waals surface area contributed by atoms with Crippen LogP contribution in [-0.4, -0.2) is 45.8 Å². The van der Waals surface area contributed by atoms with Crippen LogP contribution in [0.4, 0.5) is 5.69 Å². The maximum Gasteiger partial charge on any atom is 0.356 e. The summed E-state index contributed by atoms with van der Waals surface area (Å²) in [5.41, 5.74) is 0.578. The molecule has 0 saturated heterocycles. The number of carbonyl (C=O) groups is 1. The van der Waals surface area contributed by atoms with Gasteiger partial charge in [-0.25, -0.2) is 14.8 Å². The second kappa shape index (κ2) is 5.75. The molecule has 2 rings (SSSR count). The van der Waals surface area contributed by atoms with Gasteiger partial charge in [-0.3, -0.25) is 0 Å². The van der Waals surface area contributed by atoms with Gasteiger partial charge in [0.15, 0.2) is 5.69 Å². The lowest BCUT2D eigenvalue weighted by Gasteiger charge is -2.35. The Bertz CT molecular complexity index is 498. The van der Waals surface area contributed by atoms with E-state index >= 15 is 0 Å². The fraction of sp³-hybridized carbons (Fsp3) is 0.643. The largest absolute Gasteiger partial charge is 0.476 e. The van der Waals surface area contributed by atoms with Crippen LogP contribution in [0.2, 0.25) is 0 Å². The number of aliphatic hydroxyl groups is 1. The topological polar surface area (TPSA) is 86.5 Å². The lowest BCUT2D eigenvalue weighted by Crippen LogP contribution is -2.37. The van der Waals surface area contributed by atoms with Crippen LogP contribution in [0.1, 0.15) is 48.9 Å². The SMILES string of the molecule is CC(C)c1ncc(N(C)CC2CC(O)C2)c(C(=O)O)n1. The highest BCUT2D eigenvalue weighted by Crippen LogP contribution is 2.29. The highest BCUT2D eigenvalue weighted by atomic mass is 16.4. The first-order valence-corrected chi connectivity index (χ1v) is 6.88. The molecular weight excluding hydrogens is 258 g/mol. The number of carboxylic acid groups (broad SMARTS) is 1. The van der Waals surface area contributed by atoms with Gasteiger partial charge in [0, 0.05) is 19.5 Å². The third kappa shape index (κ3) is 3.07. The van der Waals surface area contributed by atoms with Gasteiger partial charge in [-0.15, -0.1) is 0 Å². The van der Waals surface area contributed by atoms with Crippen LogP contribution < -0.4 is 4.90 Å².